The molecule has 2 aromatic rings. The van der Waals surface area contributed by atoms with Gasteiger partial charge < -0.3 is 5.32 Å². The number of amides is 1. The van der Waals surface area contributed by atoms with E-state index in [2.05, 4.69) is 28.7 Å². The van der Waals surface area contributed by atoms with Crippen molar-refractivity contribution in [1.82, 2.24) is 10.3 Å². The zero-order valence-electron chi connectivity index (χ0n) is 12.7. The van der Waals surface area contributed by atoms with E-state index in [1.54, 1.807) is 23.2 Å². The predicted octanol–water partition coefficient (Wildman–Crippen LogP) is 3.43. The van der Waals surface area contributed by atoms with Crippen LogP contribution in [0.3, 0.4) is 0 Å². The minimum Gasteiger partial charge on any atom is -0.306 e. The largest absolute Gasteiger partial charge is 0.306 e. The first-order valence-corrected chi connectivity index (χ1v) is 8.90. The van der Waals surface area contributed by atoms with Gasteiger partial charge in [-0.15, -0.1) is 22.7 Å². The van der Waals surface area contributed by atoms with Crippen molar-refractivity contribution >= 4 is 33.7 Å². The second-order valence-electron chi connectivity index (χ2n) is 4.71. The van der Waals surface area contributed by atoms with Crippen molar-refractivity contribution in [2.24, 2.45) is 0 Å². The van der Waals surface area contributed by atoms with Gasteiger partial charge in [0.2, 0.25) is 5.91 Å². The maximum Gasteiger partial charge on any atom is 0.225 e. The monoisotopic (exact) mass is 323 g/mol. The number of thiazole rings is 1. The Morgan fingerprint density at radius 2 is 2.14 bits per heavy atom. The summed E-state index contributed by atoms with van der Waals surface area (Å²) in [5.41, 5.74) is 2.41. The average Bonchev–Trinajstić information content (AvgIpc) is 3.08. The molecule has 2 rings (SSSR count). The molecular formula is C15H21N3OS2. The average molecular weight is 323 g/mol. The normalized spacial score (nSPS) is 10.8. The highest BCUT2D eigenvalue weighted by Gasteiger charge is 2.13. The molecule has 0 aliphatic rings. The molecule has 6 heteroatoms. The first kappa shape index (κ1) is 16.1. The summed E-state index contributed by atoms with van der Waals surface area (Å²) in [6, 6.07) is 2.19. The van der Waals surface area contributed by atoms with Crippen LogP contribution >= 0.6 is 22.7 Å². The number of carbonyl (C=O) groups is 1. The molecule has 1 amide bonds. The molecule has 114 valence electrons. The minimum absolute atomic E-state index is 0.0394. The summed E-state index contributed by atoms with van der Waals surface area (Å²) in [5, 5.41) is 8.37. The number of thiophene rings is 1. The Balaban J connectivity index is 1.90. The van der Waals surface area contributed by atoms with Crippen molar-refractivity contribution in [2.45, 2.75) is 40.3 Å². The molecule has 0 atom stereocenters. The number of aryl methyl sites for hydroxylation is 1. The molecule has 1 N–H and O–H groups in total. The van der Waals surface area contributed by atoms with E-state index in [0.29, 0.717) is 6.54 Å². The molecular weight excluding hydrogens is 302 g/mol. The molecule has 0 unspecified atom stereocenters. The van der Waals surface area contributed by atoms with Crippen molar-refractivity contribution in [3.05, 3.63) is 33.0 Å². The Kier molecular flexibility index (Phi) is 5.90. The Bertz CT molecular complexity index is 591. The maximum atomic E-state index is 11.5. The van der Waals surface area contributed by atoms with Crippen LogP contribution in [0.25, 0.3) is 0 Å². The summed E-state index contributed by atoms with van der Waals surface area (Å²) in [6.45, 7) is 7.98. The van der Waals surface area contributed by atoms with Gasteiger partial charge in [0.25, 0.3) is 0 Å². The van der Waals surface area contributed by atoms with Crippen LogP contribution in [0.4, 0.5) is 5.13 Å². The third-order valence-electron chi connectivity index (χ3n) is 3.28. The van der Waals surface area contributed by atoms with Gasteiger partial charge in [-0.05, 0) is 30.4 Å². The van der Waals surface area contributed by atoms with Gasteiger partial charge in [-0.2, -0.15) is 0 Å². The molecule has 0 bridgehead atoms. The highest BCUT2D eigenvalue weighted by atomic mass is 32.1. The molecule has 0 saturated heterocycles. The number of hydrogen-bond acceptors (Lipinski definition) is 5. The van der Waals surface area contributed by atoms with Gasteiger partial charge in [-0.25, -0.2) is 4.98 Å². The SMILES string of the molecule is CCc1ccsc1CNCc1csc(N(CC)C(C)=O)n1. The highest BCUT2D eigenvalue weighted by molar-refractivity contribution is 7.14. The quantitative estimate of drug-likeness (QED) is 0.849. The lowest BCUT2D eigenvalue weighted by molar-refractivity contribution is -0.116. The minimum atomic E-state index is 0.0394. The molecule has 2 aromatic heterocycles. The van der Waals surface area contributed by atoms with Crippen molar-refractivity contribution in [2.75, 3.05) is 11.4 Å². The highest BCUT2D eigenvalue weighted by Crippen LogP contribution is 2.21. The molecule has 21 heavy (non-hydrogen) atoms. The second-order valence-corrected chi connectivity index (χ2v) is 6.55. The van der Waals surface area contributed by atoms with Crippen LogP contribution < -0.4 is 10.2 Å². The van der Waals surface area contributed by atoms with Crippen LogP contribution in [0.1, 0.15) is 36.9 Å². The van der Waals surface area contributed by atoms with Gasteiger partial charge in [-0.3, -0.25) is 9.69 Å². The number of hydrogen-bond donors (Lipinski definition) is 1. The molecule has 0 saturated carbocycles. The predicted molar refractivity (Wildman–Crippen MR) is 90.1 cm³/mol. The number of rotatable bonds is 7. The summed E-state index contributed by atoms with van der Waals surface area (Å²) < 4.78 is 0. The molecule has 0 fully saturated rings. The van der Waals surface area contributed by atoms with Gasteiger partial charge >= 0.3 is 0 Å². The standard InChI is InChI=1S/C15H21N3OS2/c1-4-12-6-7-20-14(12)9-16-8-13-10-21-15(17-13)18(5-2)11(3)19/h6-7,10,16H,4-5,8-9H2,1-3H3. The maximum absolute atomic E-state index is 11.5. The Hall–Kier alpha value is -1.24. The van der Waals surface area contributed by atoms with E-state index in [1.807, 2.05) is 12.3 Å². The summed E-state index contributed by atoms with van der Waals surface area (Å²) >= 11 is 3.32. The number of nitrogens with one attached hydrogen (secondary N) is 1. The fourth-order valence-electron chi connectivity index (χ4n) is 2.14. The Labute approximate surface area is 133 Å². The van der Waals surface area contributed by atoms with Crippen LogP contribution in [0, 0.1) is 0 Å². The lowest BCUT2D eigenvalue weighted by atomic mass is 10.2. The van der Waals surface area contributed by atoms with Gasteiger partial charge in [0.1, 0.15) is 0 Å². The third-order valence-corrected chi connectivity index (χ3v) is 5.15. The van der Waals surface area contributed by atoms with Crippen molar-refractivity contribution in [1.29, 1.82) is 0 Å². The van der Waals surface area contributed by atoms with E-state index in [-0.39, 0.29) is 5.91 Å². The molecule has 0 radical (unpaired) electrons. The molecule has 2 heterocycles. The smallest absolute Gasteiger partial charge is 0.225 e. The molecule has 0 aromatic carbocycles. The zero-order valence-corrected chi connectivity index (χ0v) is 14.3. The van der Waals surface area contributed by atoms with Crippen molar-refractivity contribution in [3.63, 3.8) is 0 Å². The molecule has 0 spiro atoms. The van der Waals surface area contributed by atoms with E-state index in [9.17, 15) is 4.79 Å². The number of carbonyl (C=O) groups excluding carboxylic acids is 1. The third kappa shape index (κ3) is 4.12. The summed E-state index contributed by atoms with van der Waals surface area (Å²) in [6.07, 6.45) is 1.07. The van der Waals surface area contributed by atoms with Crippen LogP contribution in [0.2, 0.25) is 0 Å². The lowest BCUT2D eigenvalue weighted by Crippen LogP contribution is -2.27. The summed E-state index contributed by atoms with van der Waals surface area (Å²) in [5.74, 6) is 0.0394. The summed E-state index contributed by atoms with van der Waals surface area (Å²) in [7, 11) is 0. The van der Waals surface area contributed by atoms with Crippen molar-refractivity contribution < 1.29 is 4.79 Å². The molecule has 0 aliphatic carbocycles. The van der Waals surface area contributed by atoms with Gasteiger partial charge in [0.15, 0.2) is 5.13 Å². The second kappa shape index (κ2) is 7.68. The lowest BCUT2D eigenvalue weighted by Gasteiger charge is -2.14. The molecule has 0 aliphatic heterocycles. The fourth-order valence-corrected chi connectivity index (χ4v) is 4.01. The van der Waals surface area contributed by atoms with Gasteiger partial charge in [-0.1, -0.05) is 6.92 Å². The van der Waals surface area contributed by atoms with Crippen molar-refractivity contribution in [3.8, 4) is 0 Å². The van der Waals surface area contributed by atoms with Crippen LogP contribution in [0.15, 0.2) is 16.8 Å². The van der Waals surface area contributed by atoms with E-state index >= 15 is 0 Å². The van der Waals surface area contributed by atoms with Crippen LogP contribution in [0.5, 0.6) is 0 Å². The van der Waals surface area contributed by atoms with E-state index in [1.165, 1.54) is 21.8 Å². The number of nitrogens with zero attached hydrogens (tertiary/aromatic N) is 2. The first-order valence-electron chi connectivity index (χ1n) is 7.14. The van der Waals surface area contributed by atoms with Gasteiger partial charge in [0.05, 0.1) is 5.69 Å². The van der Waals surface area contributed by atoms with Gasteiger partial charge in [0, 0.05) is 36.8 Å². The zero-order chi connectivity index (χ0) is 15.2. The number of anilines is 1. The molecule has 4 nitrogen and oxygen atoms in total. The van der Waals surface area contributed by atoms with E-state index in [0.717, 1.165) is 30.3 Å². The first-order chi connectivity index (χ1) is 10.2. The summed E-state index contributed by atoms with van der Waals surface area (Å²) in [4.78, 5) is 19.1. The van der Waals surface area contributed by atoms with Crippen LogP contribution in [-0.4, -0.2) is 17.4 Å². The number of aromatic nitrogens is 1. The Morgan fingerprint density at radius 1 is 1.33 bits per heavy atom. The Morgan fingerprint density at radius 3 is 2.81 bits per heavy atom. The fraction of sp³-hybridized carbons (Fsp3) is 0.467. The topological polar surface area (TPSA) is 45.2 Å². The van der Waals surface area contributed by atoms with E-state index in [4.69, 9.17) is 0 Å². The van der Waals surface area contributed by atoms with E-state index < -0.39 is 0 Å². The van der Waals surface area contributed by atoms with Crippen LogP contribution in [-0.2, 0) is 24.3 Å².